The molecule has 3 rings (SSSR count). The Labute approximate surface area is 140 Å². The first kappa shape index (κ1) is 16.5. The first-order chi connectivity index (χ1) is 11.5. The number of benzene rings is 1. The Hall–Kier alpha value is -2.32. The molecule has 2 N–H and O–H groups in total. The molecule has 1 aromatic carbocycles. The van der Waals surface area contributed by atoms with Crippen LogP contribution in [0.3, 0.4) is 0 Å². The Morgan fingerprint density at radius 2 is 2.21 bits per heavy atom. The lowest BCUT2D eigenvalue weighted by Gasteiger charge is -2.05. The zero-order valence-electron chi connectivity index (χ0n) is 13.6. The summed E-state index contributed by atoms with van der Waals surface area (Å²) >= 11 is 0. The summed E-state index contributed by atoms with van der Waals surface area (Å²) in [5.41, 5.74) is 2.04. The van der Waals surface area contributed by atoms with Crippen LogP contribution in [0.5, 0.6) is 5.75 Å². The van der Waals surface area contributed by atoms with Crippen LogP contribution in [0, 0.1) is 0 Å². The highest BCUT2D eigenvalue weighted by Gasteiger charge is 2.16. The van der Waals surface area contributed by atoms with Gasteiger partial charge in [-0.25, -0.2) is 13.1 Å². The average Bonchev–Trinajstić information content (AvgIpc) is 3.21. The molecule has 7 nitrogen and oxygen atoms in total. The van der Waals surface area contributed by atoms with Crippen molar-refractivity contribution in [1.82, 2.24) is 19.5 Å². The minimum Gasteiger partial charge on any atom is -0.497 e. The molecule has 2 aromatic heterocycles. The van der Waals surface area contributed by atoms with Crippen molar-refractivity contribution in [3.63, 3.8) is 0 Å². The third-order valence-corrected chi connectivity index (χ3v) is 5.32. The Balaban J connectivity index is 1.70. The molecule has 0 saturated heterocycles. The van der Waals surface area contributed by atoms with Crippen LogP contribution in [0.25, 0.3) is 10.9 Å². The van der Waals surface area contributed by atoms with Crippen LogP contribution in [-0.4, -0.2) is 36.8 Å². The summed E-state index contributed by atoms with van der Waals surface area (Å²) in [7, 11) is -1.91. The van der Waals surface area contributed by atoms with E-state index in [2.05, 4.69) is 14.8 Å². The van der Waals surface area contributed by atoms with Crippen molar-refractivity contribution in [2.75, 3.05) is 13.7 Å². The number of H-pyrrole nitrogens is 1. The van der Waals surface area contributed by atoms with Gasteiger partial charge in [-0.15, -0.1) is 0 Å². The molecule has 2 heterocycles. The number of nitrogens with zero attached hydrogens (tertiary/aromatic N) is 2. The minimum absolute atomic E-state index is 0.185. The minimum atomic E-state index is -3.54. The number of fused-ring (bicyclic) bond motifs is 1. The largest absolute Gasteiger partial charge is 0.497 e. The Kier molecular flexibility index (Phi) is 4.59. The molecule has 0 atom stereocenters. The van der Waals surface area contributed by atoms with E-state index in [1.54, 1.807) is 11.8 Å². The van der Waals surface area contributed by atoms with Crippen LogP contribution in [0.4, 0.5) is 0 Å². The van der Waals surface area contributed by atoms with E-state index in [0.717, 1.165) is 22.2 Å². The van der Waals surface area contributed by atoms with Crippen LogP contribution in [-0.2, 0) is 23.0 Å². The van der Waals surface area contributed by atoms with Gasteiger partial charge in [0.2, 0.25) is 10.0 Å². The average molecular weight is 348 g/mol. The molecular weight excluding hydrogens is 328 g/mol. The second-order valence-corrected chi connectivity index (χ2v) is 7.17. The summed E-state index contributed by atoms with van der Waals surface area (Å²) in [5.74, 6) is 0.774. The maximum Gasteiger partial charge on any atom is 0.243 e. The van der Waals surface area contributed by atoms with Crippen molar-refractivity contribution in [1.29, 1.82) is 0 Å². The molecule has 0 saturated carbocycles. The summed E-state index contributed by atoms with van der Waals surface area (Å²) in [6, 6.07) is 5.78. The molecule has 0 aliphatic rings. The lowest BCUT2D eigenvalue weighted by molar-refractivity contribution is 0.415. The number of ether oxygens (including phenoxy) is 1. The van der Waals surface area contributed by atoms with Gasteiger partial charge in [-0.05, 0) is 37.1 Å². The van der Waals surface area contributed by atoms with Gasteiger partial charge < -0.3 is 9.72 Å². The zero-order chi connectivity index (χ0) is 17.2. The summed E-state index contributed by atoms with van der Waals surface area (Å²) in [5, 5.41) is 5.03. The molecule has 0 spiro atoms. The number of methoxy groups -OCH3 is 1. The van der Waals surface area contributed by atoms with Crippen molar-refractivity contribution in [3.05, 3.63) is 42.4 Å². The van der Waals surface area contributed by atoms with Gasteiger partial charge in [-0.3, -0.25) is 4.68 Å². The summed E-state index contributed by atoms with van der Waals surface area (Å²) < 4.78 is 34.0. The van der Waals surface area contributed by atoms with E-state index in [1.807, 2.05) is 31.3 Å². The number of aryl methyl sites for hydroxylation is 1. The molecule has 3 aromatic rings. The van der Waals surface area contributed by atoms with Crippen molar-refractivity contribution in [2.24, 2.45) is 0 Å². The van der Waals surface area contributed by atoms with E-state index in [4.69, 9.17) is 4.74 Å². The van der Waals surface area contributed by atoms with Crippen LogP contribution in [0.2, 0.25) is 0 Å². The molecular formula is C16H20N4O3S. The number of hydrogen-bond donors (Lipinski definition) is 2. The number of nitrogens with one attached hydrogen (secondary N) is 2. The topological polar surface area (TPSA) is 89.0 Å². The summed E-state index contributed by atoms with van der Waals surface area (Å²) in [4.78, 5) is 3.37. The third kappa shape index (κ3) is 3.29. The van der Waals surface area contributed by atoms with Crippen molar-refractivity contribution < 1.29 is 13.2 Å². The van der Waals surface area contributed by atoms with Gasteiger partial charge in [0.15, 0.2) is 0 Å². The molecule has 24 heavy (non-hydrogen) atoms. The second kappa shape index (κ2) is 6.66. The molecule has 0 bridgehead atoms. The van der Waals surface area contributed by atoms with Crippen molar-refractivity contribution in [2.45, 2.75) is 24.8 Å². The molecule has 0 fully saturated rings. The second-order valence-electron chi connectivity index (χ2n) is 5.40. The highest BCUT2D eigenvalue weighted by atomic mass is 32.2. The Morgan fingerprint density at radius 3 is 2.92 bits per heavy atom. The van der Waals surface area contributed by atoms with E-state index < -0.39 is 10.0 Å². The summed E-state index contributed by atoms with van der Waals surface area (Å²) in [6.07, 6.45) is 5.36. The highest BCUT2D eigenvalue weighted by Crippen LogP contribution is 2.23. The van der Waals surface area contributed by atoms with Crippen LogP contribution >= 0.6 is 0 Å². The van der Waals surface area contributed by atoms with E-state index >= 15 is 0 Å². The molecule has 0 aliphatic carbocycles. The molecule has 8 heteroatoms. The zero-order valence-corrected chi connectivity index (χ0v) is 14.4. The molecule has 0 aliphatic heterocycles. The van der Waals surface area contributed by atoms with E-state index in [9.17, 15) is 8.42 Å². The van der Waals surface area contributed by atoms with Crippen LogP contribution in [0.15, 0.2) is 41.7 Å². The maximum absolute atomic E-state index is 12.3. The lowest BCUT2D eigenvalue weighted by atomic mass is 10.1. The Bertz CT molecular complexity index is 943. The predicted octanol–water partition coefficient (Wildman–Crippen LogP) is 1.91. The van der Waals surface area contributed by atoms with E-state index in [0.29, 0.717) is 19.5 Å². The highest BCUT2D eigenvalue weighted by molar-refractivity contribution is 7.89. The maximum atomic E-state index is 12.3. The number of aromatic amines is 1. The van der Waals surface area contributed by atoms with Gasteiger partial charge in [0.1, 0.15) is 10.6 Å². The summed E-state index contributed by atoms with van der Waals surface area (Å²) in [6.45, 7) is 2.85. The van der Waals surface area contributed by atoms with Gasteiger partial charge in [0.05, 0.1) is 13.3 Å². The molecule has 0 unspecified atom stereocenters. The SMILES string of the molecule is CCn1cc(S(=O)(=O)NCCc2c[nH]c3ccc(OC)cc23)cn1. The number of sulfonamides is 1. The first-order valence-corrected chi connectivity index (χ1v) is 9.18. The predicted molar refractivity (Wildman–Crippen MR) is 91.6 cm³/mol. The van der Waals surface area contributed by atoms with E-state index in [1.165, 1.54) is 12.4 Å². The fourth-order valence-corrected chi connectivity index (χ4v) is 3.53. The third-order valence-electron chi connectivity index (χ3n) is 3.90. The van der Waals surface area contributed by atoms with Crippen molar-refractivity contribution in [3.8, 4) is 5.75 Å². The molecule has 0 radical (unpaired) electrons. The van der Waals surface area contributed by atoms with Crippen molar-refractivity contribution >= 4 is 20.9 Å². The number of hydrogen-bond acceptors (Lipinski definition) is 4. The molecule has 128 valence electrons. The van der Waals surface area contributed by atoms with Gasteiger partial charge in [-0.2, -0.15) is 5.10 Å². The fraction of sp³-hybridized carbons (Fsp3) is 0.312. The van der Waals surface area contributed by atoms with Gasteiger partial charge in [0, 0.05) is 36.4 Å². The van der Waals surface area contributed by atoms with Gasteiger partial charge in [0.25, 0.3) is 0 Å². The standard InChI is InChI=1S/C16H20N4O3S/c1-3-20-11-14(10-18-20)24(21,22)19-7-6-12-9-17-16-5-4-13(23-2)8-15(12)16/h4-5,8-11,17,19H,3,6-7H2,1-2H3. The molecule has 0 amide bonds. The fourth-order valence-electron chi connectivity index (χ4n) is 2.55. The van der Waals surface area contributed by atoms with Gasteiger partial charge >= 0.3 is 0 Å². The number of aromatic nitrogens is 3. The normalized spacial score (nSPS) is 11.9. The quantitative estimate of drug-likeness (QED) is 0.683. The monoisotopic (exact) mass is 348 g/mol. The Morgan fingerprint density at radius 1 is 1.38 bits per heavy atom. The lowest BCUT2D eigenvalue weighted by Crippen LogP contribution is -2.25. The van der Waals surface area contributed by atoms with Crippen LogP contribution < -0.4 is 9.46 Å². The van der Waals surface area contributed by atoms with E-state index in [-0.39, 0.29) is 4.90 Å². The van der Waals surface area contributed by atoms with Crippen LogP contribution in [0.1, 0.15) is 12.5 Å². The smallest absolute Gasteiger partial charge is 0.243 e. The van der Waals surface area contributed by atoms with Gasteiger partial charge in [-0.1, -0.05) is 0 Å². The first-order valence-electron chi connectivity index (χ1n) is 7.69. The number of rotatable bonds is 7.